The zero-order valence-corrected chi connectivity index (χ0v) is 5.03. The van der Waals surface area contributed by atoms with E-state index in [9.17, 15) is 8.78 Å². The Hall–Kier alpha value is -0.440. The molecular weight excluding hydrogens is 124 g/mol. The molecule has 1 fully saturated rings. The van der Waals surface area contributed by atoms with Gasteiger partial charge in [0.1, 0.15) is 0 Å². The molecule has 1 aliphatic heterocycles. The average molecular weight is 133 g/mol. The smallest absolute Gasteiger partial charge is 0.266 e. The van der Waals surface area contributed by atoms with E-state index in [0.717, 1.165) is 19.0 Å². The maximum Gasteiger partial charge on any atom is 0.266 e. The summed E-state index contributed by atoms with van der Waals surface area (Å²) in [5.41, 5.74) is 0. The van der Waals surface area contributed by atoms with Gasteiger partial charge in [-0.2, -0.15) is 8.78 Å². The van der Waals surface area contributed by atoms with Gasteiger partial charge in [-0.1, -0.05) is 0 Å². The van der Waals surface area contributed by atoms with Gasteiger partial charge in [0.2, 0.25) is 0 Å². The second-order valence-corrected chi connectivity index (χ2v) is 2.21. The van der Waals surface area contributed by atoms with Crippen molar-refractivity contribution in [1.82, 2.24) is 5.32 Å². The summed E-state index contributed by atoms with van der Waals surface area (Å²) in [6.07, 6.45) is 0.320. The van der Waals surface area contributed by atoms with Crippen LogP contribution in [0.4, 0.5) is 8.78 Å². The molecule has 0 amide bonds. The highest BCUT2D eigenvalue weighted by molar-refractivity contribution is 4.92. The Bertz CT molecular complexity index is 112. The Morgan fingerprint density at radius 3 is 2.78 bits per heavy atom. The van der Waals surface area contributed by atoms with Crippen molar-refractivity contribution in [1.29, 1.82) is 0 Å². The van der Waals surface area contributed by atoms with Crippen molar-refractivity contribution in [2.75, 3.05) is 13.1 Å². The first kappa shape index (κ1) is 6.68. The summed E-state index contributed by atoms with van der Waals surface area (Å²) in [6.45, 7) is 1.58. The second kappa shape index (κ2) is 2.92. The van der Waals surface area contributed by atoms with E-state index in [-0.39, 0.29) is 5.92 Å². The predicted molar refractivity (Wildman–Crippen MR) is 31.3 cm³/mol. The molecule has 0 aliphatic carbocycles. The summed E-state index contributed by atoms with van der Waals surface area (Å²) in [5.74, 6) is 0.0648. The fraction of sp³-hybridized carbons (Fsp3) is 0.667. The Balaban J connectivity index is 2.35. The molecule has 0 unspecified atom stereocenters. The Morgan fingerprint density at radius 2 is 2.33 bits per heavy atom. The number of hydrogen-bond donors (Lipinski definition) is 1. The van der Waals surface area contributed by atoms with Gasteiger partial charge in [-0.05, 0) is 25.0 Å². The van der Waals surface area contributed by atoms with E-state index >= 15 is 0 Å². The SMILES string of the molecule is FC(F)=C[C@H]1CCNC1. The number of nitrogens with one attached hydrogen (secondary N) is 1. The van der Waals surface area contributed by atoms with Crippen LogP contribution in [0.15, 0.2) is 12.2 Å². The van der Waals surface area contributed by atoms with E-state index in [2.05, 4.69) is 5.32 Å². The molecule has 0 aromatic rings. The lowest BCUT2D eigenvalue weighted by Gasteiger charge is -1.95. The molecule has 0 spiro atoms. The van der Waals surface area contributed by atoms with Crippen molar-refractivity contribution < 1.29 is 8.78 Å². The largest absolute Gasteiger partial charge is 0.316 e. The van der Waals surface area contributed by atoms with Gasteiger partial charge in [0.05, 0.1) is 0 Å². The summed E-state index contributed by atoms with van der Waals surface area (Å²) in [5, 5.41) is 3.00. The Kier molecular flexibility index (Phi) is 2.16. The maximum atomic E-state index is 11.5. The summed E-state index contributed by atoms with van der Waals surface area (Å²) < 4.78 is 23.0. The van der Waals surface area contributed by atoms with Crippen LogP contribution in [-0.4, -0.2) is 13.1 Å². The molecule has 0 aromatic heterocycles. The van der Waals surface area contributed by atoms with Gasteiger partial charge in [0, 0.05) is 6.54 Å². The molecule has 1 atom stereocenters. The van der Waals surface area contributed by atoms with Crippen LogP contribution in [0, 0.1) is 5.92 Å². The van der Waals surface area contributed by atoms with E-state index in [0.29, 0.717) is 6.54 Å². The topological polar surface area (TPSA) is 12.0 Å². The highest BCUT2D eigenvalue weighted by Crippen LogP contribution is 2.12. The summed E-state index contributed by atoms with van der Waals surface area (Å²) in [6, 6.07) is 0. The summed E-state index contributed by atoms with van der Waals surface area (Å²) in [7, 11) is 0. The highest BCUT2D eigenvalue weighted by atomic mass is 19.3. The predicted octanol–water partition coefficient (Wildman–Crippen LogP) is 1.38. The standard InChI is InChI=1S/C6H9F2N/c7-6(8)3-5-1-2-9-4-5/h3,5,9H,1-2,4H2/t5-/m1/s1. The fourth-order valence-corrected chi connectivity index (χ4v) is 0.997. The molecule has 0 aromatic carbocycles. The molecule has 0 bridgehead atoms. The molecular formula is C6H9F2N. The molecule has 1 aliphatic rings. The molecule has 1 heterocycles. The van der Waals surface area contributed by atoms with Gasteiger partial charge in [0.25, 0.3) is 6.08 Å². The minimum atomic E-state index is -1.55. The van der Waals surface area contributed by atoms with Crippen molar-refractivity contribution in [2.45, 2.75) is 6.42 Å². The van der Waals surface area contributed by atoms with Gasteiger partial charge in [0.15, 0.2) is 0 Å². The van der Waals surface area contributed by atoms with Crippen LogP contribution in [-0.2, 0) is 0 Å². The van der Waals surface area contributed by atoms with Gasteiger partial charge in [-0.3, -0.25) is 0 Å². The lowest BCUT2D eigenvalue weighted by atomic mass is 10.1. The average Bonchev–Trinajstić information content (AvgIpc) is 2.15. The van der Waals surface area contributed by atoms with Crippen LogP contribution in [0.2, 0.25) is 0 Å². The van der Waals surface area contributed by atoms with Crippen molar-refractivity contribution in [3.8, 4) is 0 Å². The third kappa shape index (κ3) is 2.10. The Labute approximate surface area is 52.7 Å². The number of hydrogen-bond acceptors (Lipinski definition) is 1. The van der Waals surface area contributed by atoms with Crippen LogP contribution in [0.1, 0.15) is 6.42 Å². The van der Waals surface area contributed by atoms with Crippen LogP contribution >= 0.6 is 0 Å². The highest BCUT2D eigenvalue weighted by Gasteiger charge is 2.12. The van der Waals surface area contributed by atoms with Crippen molar-refractivity contribution in [3.05, 3.63) is 12.2 Å². The van der Waals surface area contributed by atoms with E-state index in [4.69, 9.17) is 0 Å². The zero-order chi connectivity index (χ0) is 6.69. The number of halogens is 2. The summed E-state index contributed by atoms with van der Waals surface area (Å²) >= 11 is 0. The molecule has 52 valence electrons. The van der Waals surface area contributed by atoms with Crippen molar-refractivity contribution in [3.63, 3.8) is 0 Å². The first-order valence-electron chi connectivity index (χ1n) is 3.02. The Morgan fingerprint density at radius 1 is 1.56 bits per heavy atom. The third-order valence-corrected chi connectivity index (χ3v) is 1.46. The zero-order valence-electron chi connectivity index (χ0n) is 5.03. The third-order valence-electron chi connectivity index (χ3n) is 1.46. The van der Waals surface area contributed by atoms with Gasteiger partial charge in [-0.25, -0.2) is 0 Å². The van der Waals surface area contributed by atoms with Crippen LogP contribution in [0.25, 0.3) is 0 Å². The van der Waals surface area contributed by atoms with E-state index in [1.807, 2.05) is 0 Å². The quantitative estimate of drug-likeness (QED) is 0.569. The van der Waals surface area contributed by atoms with Gasteiger partial charge in [-0.15, -0.1) is 0 Å². The molecule has 0 saturated carbocycles. The second-order valence-electron chi connectivity index (χ2n) is 2.21. The normalized spacial score (nSPS) is 26.2. The first-order valence-corrected chi connectivity index (χ1v) is 3.02. The van der Waals surface area contributed by atoms with E-state index < -0.39 is 6.08 Å². The molecule has 1 rings (SSSR count). The molecule has 1 nitrogen and oxygen atoms in total. The van der Waals surface area contributed by atoms with Crippen LogP contribution in [0.5, 0.6) is 0 Å². The molecule has 3 heteroatoms. The van der Waals surface area contributed by atoms with Crippen LogP contribution in [0.3, 0.4) is 0 Å². The molecule has 1 saturated heterocycles. The van der Waals surface area contributed by atoms with E-state index in [1.54, 1.807) is 0 Å². The summed E-state index contributed by atoms with van der Waals surface area (Å²) in [4.78, 5) is 0. The van der Waals surface area contributed by atoms with Gasteiger partial charge >= 0.3 is 0 Å². The molecule has 1 N–H and O–H groups in total. The lowest BCUT2D eigenvalue weighted by Crippen LogP contribution is -2.07. The monoisotopic (exact) mass is 133 g/mol. The van der Waals surface area contributed by atoms with Crippen LogP contribution < -0.4 is 5.32 Å². The first-order chi connectivity index (χ1) is 4.29. The van der Waals surface area contributed by atoms with Gasteiger partial charge < -0.3 is 5.32 Å². The molecule has 0 radical (unpaired) electrons. The number of rotatable bonds is 1. The van der Waals surface area contributed by atoms with Crippen molar-refractivity contribution in [2.24, 2.45) is 5.92 Å². The lowest BCUT2D eigenvalue weighted by molar-refractivity contribution is 0.410. The van der Waals surface area contributed by atoms with Crippen molar-refractivity contribution >= 4 is 0 Å². The maximum absolute atomic E-state index is 11.5. The minimum absolute atomic E-state index is 0.0648. The fourth-order valence-electron chi connectivity index (χ4n) is 0.997. The minimum Gasteiger partial charge on any atom is -0.316 e. The molecule has 9 heavy (non-hydrogen) atoms. The van der Waals surface area contributed by atoms with E-state index in [1.165, 1.54) is 0 Å².